The Bertz CT molecular complexity index is 593. The summed E-state index contributed by atoms with van der Waals surface area (Å²) in [4.78, 5) is 10.8. The highest BCUT2D eigenvalue weighted by Crippen LogP contribution is 2.36. The van der Waals surface area contributed by atoms with Gasteiger partial charge in [-0.1, -0.05) is 0 Å². The van der Waals surface area contributed by atoms with Gasteiger partial charge in [-0.2, -0.15) is 0 Å². The van der Waals surface area contributed by atoms with E-state index < -0.39 is 12.0 Å². The van der Waals surface area contributed by atoms with Crippen LogP contribution in [0.15, 0.2) is 27.3 Å². The summed E-state index contributed by atoms with van der Waals surface area (Å²) in [6.07, 6.45) is 1.77. The summed E-state index contributed by atoms with van der Waals surface area (Å²) >= 11 is 3.44. The maximum atomic E-state index is 10.8. The van der Waals surface area contributed by atoms with Crippen molar-refractivity contribution in [3.05, 3.63) is 28.4 Å². The molecule has 1 heterocycles. The lowest BCUT2D eigenvalue weighted by molar-refractivity contribution is -0.138. The number of carbonyl (C=O) groups is 1. The van der Waals surface area contributed by atoms with E-state index in [9.17, 15) is 4.79 Å². The third-order valence-corrected chi connectivity index (χ3v) is 3.63. The number of nitrogens with two attached hydrogens (primary N) is 1. The molecule has 0 bridgehead atoms. The van der Waals surface area contributed by atoms with Gasteiger partial charge in [0.1, 0.15) is 6.04 Å². The Morgan fingerprint density at radius 3 is 3.00 bits per heavy atom. The summed E-state index contributed by atoms with van der Waals surface area (Å²) in [5.74, 6) is -0.473. The van der Waals surface area contributed by atoms with Crippen LogP contribution in [0.25, 0.3) is 11.0 Å². The number of hydrogen-bond donors (Lipinski definition) is 2. The number of benzene rings is 1. The van der Waals surface area contributed by atoms with Crippen LogP contribution in [0.4, 0.5) is 0 Å². The largest absolute Gasteiger partial charge is 0.493 e. The Kier molecular flexibility index (Phi) is 3.58. The third-order valence-electron chi connectivity index (χ3n) is 2.69. The van der Waals surface area contributed by atoms with Crippen molar-refractivity contribution in [3.8, 4) is 5.75 Å². The number of aliphatic carboxylic acids is 1. The topological polar surface area (TPSA) is 85.7 Å². The molecule has 1 aromatic heterocycles. The highest BCUT2D eigenvalue weighted by Gasteiger charge is 2.18. The number of rotatable bonds is 4. The summed E-state index contributed by atoms with van der Waals surface area (Å²) in [5, 5.41) is 9.68. The van der Waals surface area contributed by atoms with E-state index in [2.05, 4.69) is 15.9 Å². The number of carboxylic acid groups (broad SMARTS) is 1. The number of methoxy groups -OCH3 is 1. The molecule has 6 heteroatoms. The van der Waals surface area contributed by atoms with Crippen molar-refractivity contribution in [2.45, 2.75) is 12.5 Å². The van der Waals surface area contributed by atoms with E-state index in [4.69, 9.17) is 20.0 Å². The molecule has 3 N–H and O–H groups in total. The maximum absolute atomic E-state index is 10.8. The summed E-state index contributed by atoms with van der Waals surface area (Å²) < 4.78 is 11.3. The van der Waals surface area contributed by atoms with Crippen LogP contribution in [-0.4, -0.2) is 24.2 Å². The first-order valence-corrected chi connectivity index (χ1v) is 6.05. The van der Waals surface area contributed by atoms with Crippen LogP contribution in [-0.2, 0) is 11.2 Å². The molecule has 0 saturated heterocycles. The van der Waals surface area contributed by atoms with Crippen molar-refractivity contribution in [3.63, 3.8) is 0 Å². The molecule has 96 valence electrons. The molecule has 0 aliphatic rings. The summed E-state index contributed by atoms with van der Waals surface area (Å²) in [6, 6.07) is 2.58. The number of fused-ring (bicyclic) bond motifs is 1. The average Bonchev–Trinajstić information content (AvgIpc) is 2.82. The molecule has 0 fully saturated rings. The molecule has 0 amide bonds. The number of hydrogen-bond acceptors (Lipinski definition) is 4. The maximum Gasteiger partial charge on any atom is 0.320 e. The molecule has 18 heavy (non-hydrogen) atoms. The average molecular weight is 314 g/mol. The first-order chi connectivity index (χ1) is 8.54. The van der Waals surface area contributed by atoms with E-state index >= 15 is 0 Å². The lowest BCUT2D eigenvalue weighted by Gasteiger charge is -2.11. The molecule has 0 saturated carbocycles. The second-order valence-electron chi connectivity index (χ2n) is 3.86. The van der Waals surface area contributed by atoms with Gasteiger partial charge in [0, 0.05) is 9.86 Å². The van der Waals surface area contributed by atoms with E-state index in [1.807, 2.05) is 0 Å². The van der Waals surface area contributed by atoms with Crippen LogP contribution in [0.5, 0.6) is 5.75 Å². The lowest BCUT2D eigenvalue weighted by atomic mass is 10.0. The predicted octanol–water partition coefficient (Wildman–Crippen LogP) is 2.16. The number of carboxylic acids is 1. The van der Waals surface area contributed by atoms with Crippen LogP contribution < -0.4 is 10.5 Å². The molecule has 0 aliphatic heterocycles. The smallest absolute Gasteiger partial charge is 0.320 e. The van der Waals surface area contributed by atoms with Crippen molar-refractivity contribution >= 4 is 32.9 Å². The van der Waals surface area contributed by atoms with Crippen LogP contribution in [0.2, 0.25) is 0 Å². The standard InChI is InChI=1S/C12H12BrNO4/c1-17-9-5-6(4-8(14)12(15)16)10(13)7-2-3-18-11(7)9/h2-3,5,8H,4,14H2,1H3,(H,15,16). The Labute approximate surface area is 112 Å². The molecule has 0 radical (unpaired) electrons. The molecule has 0 spiro atoms. The van der Waals surface area contributed by atoms with E-state index in [0.29, 0.717) is 11.3 Å². The highest BCUT2D eigenvalue weighted by molar-refractivity contribution is 9.10. The highest BCUT2D eigenvalue weighted by atomic mass is 79.9. The summed E-state index contributed by atoms with van der Waals surface area (Å²) in [5.41, 5.74) is 6.94. The summed E-state index contributed by atoms with van der Waals surface area (Å²) in [6.45, 7) is 0. The van der Waals surface area contributed by atoms with Crippen molar-refractivity contribution in [2.75, 3.05) is 7.11 Å². The minimum Gasteiger partial charge on any atom is -0.493 e. The molecule has 1 atom stereocenters. The fourth-order valence-corrected chi connectivity index (χ4v) is 2.35. The monoisotopic (exact) mass is 313 g/mol. The van der Waals surface area contributed by atoms with Crippen molar-refractivity contribution < 1.29 is 19.1 Å². The zero-order valence-corrected chi connectivity index (χ0v) is 11.2. The van der Waals surface area contributed by atoms with Crippen LogP contribution in [0, 0.1) is 0 Å². The SMILES string of the molecule is COc1cc(CC(N)C(=O)O)c(Br)c2ccoc12. The van der Waals surface area contributed by atoms with Gasteiger partial charge in [0.2, 0.25) is 0 Å². The minimum absolute atomic E-state index is 0.216. The molecular formula is C12H12BrNO4. The van der Waals surface area contributed by atoms with Gasteiger partial charge < -0.3 is 20.0 Å². The van der Waals surface area contributed by atoms with Crippen molar-refractivity contribution in [1.29, 1.82) is 0 Å². The van der Waals surface area contributed by atoms with Gasteiger partial charge in [-0.15, -0.1) is 0 Å². The predicted molar refractivity (Wildman–Crippen MR) is 69.8 cm³/mol. The zero-order chi connectivity index (χ0) is 13.3. The summed E-state index contributed by atoms with van der Waals surface area (Å²) in [7, 11) is 1.53. The molecule has 1 unspecified atom stereocenters. The van der Waals surface area contributed by atoms with Gasteiger partial charge in [-0.25, -0.2) is 0 Å². The first kappa shape index (κ1) is 12.9. The minimum atomic E-state index is -1.03. The third kappa shape index (κ3) is 2.21. The molecule has 2 aromatic rings. The van der Waals surface area contributed by atoms with Gasteiger partial charge in [-0.3, -0.25) is 4.79 Å². The van der Waals surface area contributed by atoms with Gasteiger partial charge >= 0.3 is 5.97 Å². The number of ether oxygens (including phenoxy) is 1. The van der Waals surface area contributed by atoms with Crippen LogP contribution in [0.3, 0.4) is 0 Å². The molecule has 5 nitrogen and oxygen atoms in total. The second kappa shape index (κ2) is 4.99. The molecule has 2 rings (SSSR count). The zero-order valence-electron chi connectivity index (χ0n) is 9.64. The van der Waals surface area contributed by atoms with Gasteiger partial charge in [0.25, 0.3) is 0 Å². The van der Waals surface area contributed by atoms with Gasteiger partial charge in [0.05, 0.1) is 13.4 Å². The van der Waals surface area contributed by atoms with E-state index in [1.54, 1.807) is 18.4 Å². The van der Waals surface area contributed by atoms with Gasteiger partial charge in [-0.05, 0) is 40.0 Å². The van der Waals surface area contributed by atoms with Gasteiger partial charge in [0.15, 0.2) is 11.3 Å². The quantitative estimate of drug-likeness (QED) is 0.903. The second-order valence-corrected chi connectivity index (χ2v) is 4.66. The molecule has 0 aliphatic carbocycles. The molecular weight excluding hydrogens is 302 g/mol. The van der Waals surface area contributed by atoms with Crippen LogP contribution >= 0.6 is 15.9 Å². The Morgan fingerprint density at radius 2 is 2.39 bits per heavy atom. The lowest BCUT2D eigenvalue weighted by Crippen LogP contribution is -2.32. The van der Waals surface area contributed by atoms with E-state index in [1.165, 1.54) is 7.11 Å². The fraction of sp³-hybridized carbons (Fsp3) is 0.250. The van der Waals surface area contributed by atoms with E-state index in [0.717, 1.165) is 15.4 Å². The van der Waals surface area contributed by atoms with Crippen molar-refractivity contribution in [1.82, 2.24) is 0 Å². The Hall–Kier alpha value is -1.53. The Morgan fingerprint density at radius 1 is 1.67 bits per heavy atom. The Balaban J connectivity index is 2.50. The number of halogens is 1. The molecule has 1 aromatic carbocycles. The fourth-order valence-electron chi connectivity index (χ4n) is 1.76. The van der Waals surface area contributed by atoms with E-state index in [-0.39, 0.29) is 6.42 Å². The van der Waals surface area contributed by atoms with Crippen LogP contribution in [0.1, 0.15) is 5.56 Å². The number of furan rings is 1. The normalized spacial score (nSPS) is 12.6. The first-order valence-electron chi connectivity index (χ1n) is 5.25. The van der Waals surface area contributed by atoms with Crippen molar-refractivity contribution in [2.24, 2.45) is 5.73 Å².